The molecule has 0 amide bonds. The number of rotatable bonds is 5. The third-order valence-corrected chi connectivity index (χ3v) is 3.15. The summed E-state index contributed by atoms with van der Waals surface area (Å²) in [5.74, 6) is 0.261. The molecule has 7 heteroatoms. The molecule has 0 radical (unpaired) electrons. The molecule has 0 aliphatic heterocycles. The maximum atomic E-state index is 10.9. The van der Waals surface area contributed by atoms with Crippen LogP contribution in [0.2, 0.25) is 0 Å². The molecule has 2 N–H and O–H groups in total. The van der Waals surface area contributed by atoms with Crippen LogP contribution in [0.3, 0.4) is 0 Å². The van der Waals surface area contributed by atoms with Gasteiger partial charge >= 0.3 is 14.2 Å². The Morgan fingerprint density at radius 2 is 1.81 bits per heavy atom. The van der Waals surface area contributed by atoms with Crippen molar-refractivity contribution >= 4 is 14.2 Å². The molecule has 118 valence electrons. The van der Waals surface area contributed by atoms with Crippen LogP contribution in [0.25, 0.3) is 0 Å². The van der Waals surface area contributed by atoms with E-state index in [-0.39, 0.29) is 11.6 Å². The molecule has 0 aromatic heterocycles. The van der Waals surface area contributed by atoms with Crippen LogP contribution in [0.5, 0.6) is 5.75 Å². The predicted molar refractivity (Wildman–Crippen MR) is 79.1 cm³/mol. The van der Waals surface area contributed by atoms with Gasteiger partial charge in [0, 0.05) is 18.6 Å². The van der Waals surface area contributed by atoms with Gasteiger partial charge in [-0.3, -0.25) is 4.79 Å². The second-order valence-electron chi connectivity index (χ2n) is 4.28. The zero-order valence-corrected chi connectivity index (χ0v) is 13.6. The Hall–Kier alpha value is -1.33. The minimum absolute atomic E-state index is 0.295. The number of esters is 1. The highest BCUT2D eigenvalue weighted by molar-refractivity contribution is 7.30. The summed E-state index contributed by atoms with van der Waals surface area (Å²) in [6, 6.07) is 7.53. The Kier molecular flexibility index (Phi) is 8.97. The van der Waals surface area contributed by atoms with Crippen LogP contribution in [-0.4, -0.2) is 22.9 Å². The van der Waals surface area contributed by atoms with Gasteiger partial charge in [-0.15, -0.1) is 9.79 Å². The summed E-state index contributed by atoms with van der Waals surface area (Å²) in [7, 11) is -1.16. The number of carbonyl (C=O) groups is 1. The van der Waals surface area contributed by atoms with E-state index in [0.717, 1.165) is 18.4 Å². The van der Waals surface area contributed by atoms with Crippen LogP contribution < -0.4 is 4.74 Å². The SMILES string of the molecule is CCC(CC)(OC)c1cccc(OC(C)=O)c1.O=[P+](O)O. The Bertz CT molecular complexity index is 458. The molecule has 0 saturated heterocycles. The highest BCUT2D eigenvalue weighted by Gasteiger charge is 2.28. The fourth-order valence-corrected chi connectivity index (χ4v) is 2.07. The molecule has 1 rings (SSSR count). The summed E-state index contributed by atoms with van der Waals surface area (Å²) in [5.41, 5.74) is 0.750. The smallest absolute Gasteiger partial charge is 0.427 e. The fourth-order valence-electron chi connectivity index (χ4n) is 2.07. The molecule has 1 aromatic rings. The maximum Gasteiger partial charge on any atom is 0.692 e. The van der Waals surface area contributed by atoms with Crippen LogP contribution in [-0.2, 0) is 19.7 Å². The highest BCUT2D eigenvalue weighted by atomic mass is 31.1. The Morgan fingerprint density at radius 1 is 1.29 bits per heavy atom. The van der Waals surface area contributed by atoms with Gasteiger partial charge in [0.15, 0.2) is 0 Å². The Morgan fingerprint density at radius 3 is 2.19 bits per heavy atom. The first kappa shape index (κ1) is 19.7. The molecule has 0 aliphatic rings. The molecule has 0 spiro atoms. The molecule has 0 aliphatic carbocycles. The molecule has 6 nitrogen and oxygen atoms in total. The molecular formula is C14H22O6P+. The maximum absolute atomic E-state index is 10.9. The number of hydrogen-bond acceptors (Lipinski definition) is 4. The first-order chi connectivity index (χ1) is 9.81. The average Bonchev–Trinajstić information content (AvgIpc) is 2.40. The molecule has 1 aromatic carbocycles. The summed E-state index contributed by atoms with van der Waals surface area (Å²) in [6.07, 6.45) is 1.76. The summed E-state index contributed by atoms with van der Waals surface area (Å²) in [6.45, 7) is 5.58. The summed E-state index contributed by atoms with van der Waals surface area (Å²) < 4.78 is 19.4. The largest absolute Gasteiger partial charge is 0.692 e. The quantitative estimate of drug-likeness (QED) is 0.493. The van der Waals surface area contributed by atoms with Gasteiger partial charge in [0.2, 0.25) is 0 Å². The molecule has 0 heterocycles. The van der Waals surface area contributed by atoms with Gasteiger partial charge < -0.3 is 9.47 Å². The zero-order chi connectivity index (χ0) is 16.5. The summed E-state index contributed by atoms with van der Waals surface area (Å²) >= 11 is 0. The van der Waals surface area contributed by atoms with Crippen LogP contribution in [0.1, 0.15) is 39.2 Å². The Balaban J connectivity index is 0.000000885. The van der Waals surface area contributed by atoms with Crippen LogP contribution in [0, 0.1) is 0 Å². The lowest BCUT2D eigenvalue weighted by molar-refractivity contribution is -0.131. The van der Waals surface area contributed by atoms with E-state index in [1.54, 1.807) is 13.2 Å². The molecule has 21 heavy (non-hydrogen) atoms. The van der Waals surface area contributed by atoms with Crippen molar-refractivity contribution in [2.45, 2.75) is 39.2 Å². The van der Waals surface area contributed by atoms with E-state index < -0.39 is 8.25 Å². The van der Waals surface area contributed by atoms with Crippen molar-refractivity contribution in [1.82, 2.24) is 0 Å². The van der Waals surface area contributed by atoms with Gasteiger partial charge in [-0.05, 0) is 30.5 Å². The van der Waals surface area contributed by atoms with Crippen LogP contribution in [0.15, 0.2) is 24.3 Å². The van der Waals surface area contributed by atoms with Crippen molar-refractivity contribution in [2.75, 3.05) is 7.11 Å². The monoisotopic (exact) mass is 317 g/mol. The number of methoxy groups -OCH3 is 1. The minimum atomic E-state index is -2.87. The number of carbonyl (C=O) groups excluding carboxylic acids is 1. The second kappa shape index (κ2) is 9.58. The fraction of sp³-hybridized carbons (Fsp3) is 0.500. The standard InChI is InChI=1S/C14H20O3.HO3P/c1-5-14(6-2,16-4)12-8-7-9-13(10-12)17-11(3)15;1-4(2)3/h7-10H,5-6H2,1-4H3;(H-,1,2,3)/p+1. The zero-order valence-electron chi connectivity index (χ0n) is 12.7. The molecule has 0 fully saturated rings. The van der Waals surface area contributed by atoms with Gasteiger partial charge in [0.25, 0.3) is 0 Å². The topological polar surface area (TPSA) is 93.1 Å². The van der Waals surface area contributed by atoms with Gasteiger partial charge in [0.05, 0.1) is 5.60 Å². The number of hydrogen-bond donors (Lipinski definition) is 2. The van der Waals surface area contributed by atoms with Crippen molar-refractivity contribution in [1.29, 1.82) is 0 Å². The van der Waals surface area contributed by atoms with Crippen molar-refractivity contribution in [3.05, 3.63) is 29.8 Å². The first-order valence-electron chi connectivity index (χ1n) is 6.50. The highest BCUT2D eigenvalue weighted by Crippen LogP contribution is 2.34. The predicted octanol–water partition coefficient (Wildman–Crippen LogP) is 2.90. The van der Waals surface area contributed by atoms with Gasteiger partial charge in [-0.25, -0.2) is 0 Å². The van der Waals surface area contributed by atoms with Crippen molar-refractivity contribution in [2.24, 2.45) is 0 Å². The van der Waals surface area contributed by atoms with E-state index in [1.807, 2.05) is 18.2 Å². The van der Waals surface area contributed by atoms with Crippen molar-refractivity contribution < 1.29 is 28.6 Å². The molecule has 0 saturated carbocycles. The average molecular weight is 317 g/mol. The van der Waals surface area contributed by atoms with E-state index in [9.17, 15) is 4.79 Å². The molecule has 0 unspecified atom stereocenters. The van der Waals surface area contributed by atoms with Gasteiger partial charge in [-0.1, -0.05) is 26.0 Å². The van der Waals surface area contributed by atoms with E-state index >= 15 is 0 Å². The van der Waals surface area contributed by atoms with E-state index in [4.69, 9.17) is 23.8 Å². The third kappa shape index (κ3) is 6.78. The van der Waals surface area contributed by atoms with Crippen LogP contribution >= 0.6 is 8.25 Å². The lowest BCUT2D eigenvalue weighted by Gasteiger charge is -2.31. The third-order valence-electron chi connectivity index (χ3n) is 3.15. The second-order valence-corrected chi connectivity index (χ2v) is 4.79. The first-order valence-corrected chi connectivity index (χ1v) is 7.67. The van der Waals surface area contributed by atoms with E-state index in [0.29, 0.717) is 5.75 Å². The lowest BCUT2D eigenvalue weighted by atomic mass is 9.88. The van der Waals surface area contributed by atoms with E-state index in [1.165, 1.54) is 6.92 Å². The summed E-state index contributed by atoms with van der Waals surface area (Å²) in [5, 5.41) is 0. The molecule has 0 atom stereocenters. The van der Waals surface area contributed by atoms with Crippen molar-refractivity contribution in [3.8, 4) is 5.75 Å². The lowest BCUT2D eigenvalue weighted by Crippen LogP contribution is -2.26. The molecule has 0 bridgehead atoms. The summed E-state index contributed by atoms with van der Waals surface area (Å²) in [4.78, 5) is 25.2. The normalized spacial score (nSPS) is 10.4. The number of ether oxygens (including phenoxy) is 2. The van der Waals surface area contributed by atoms with E-state index in [2.05, 4.69) is 13.8 Å². The molecular weight excluding hydrogens is 295 g/mol. The van der Waals surface area contributed by atoms with Gasteiger partial charge in [-0.2, -0.15) is 0 Å². The van der Waals surface area contributed by atoms with Crippen LogP contribution in [0.4, 0.5) is 0 Å². The van der Waals surface area contributed by atoms with Crippen molar-refractivity contribution in [3.63, 3.8) is 0 Å². The Labute approximate surface area is 125 Å². The number of benzene rings is 1. The minimum Gasteiger partial charge on any atom is -0.427 e. The van der Waals surface area contributed by atoms with Gasteiger partial charge in [0.1, 0.15) is 5.75 Å².